The predicted octanol–water partition coefficient (Wildman–Crippen LogP) is 2.93. The van der Waals surface area contributed by atoms with Gasteiger partial charge in [-0.15, -0.1) is 0 Å². The summed E-state index contributed by atoms with van der Waals surface area (Å²) in [5.74, 6) is 0.946. The third-order valence-electron chi connectivity index (χ3n) is 2.15. The molecule has 0 aliphatic heterocycles. The molecule has 0 saturated carbocycles. The normalized spacial score (nSPS) is 9.93. The van der Waals surface area contributed by atoms with E-state index in [1.807, 2.05) is 19.1 Å². The van der Waals surface area contributed by atoms with Gasteiger partial charge in [0.15, 0.2) is 0 Å². The van der Waals surface area contributed by atoms with E-state index < -0.39 is 0 Å². The zero-order chi connectivity index (χ0) is 10.4. The summed E-state index contributed by atoms with van der Waals surface area (Å²) >= 11 is 0. The summed E-state index contributed by atoms with van der Waals surface area (Å²) in [7, 11) is 2.11. The minimum atomic E-state index is 0.726. The molecule has 0 radical (unpaired) electrons. The quantitative estimate of drug-likeness (QED) is 0.713. The molecule has 0 heterocycles. The van der Waals surface area contributed by atoms with Crippen molar-refractivity contribution < 1.29 is 4.74 Å². The Hall–Kier alpha value is -1.18. The van der Waals surface area contributed by atoms with Crippen LogP contribution in [0.25, 0.3) is 0 Å². The van der Waals surface area contributed by atoms with E-state index in [-0.39, 0.29) is 0 Å². The Morgan fingerprint density at radius 3 is 2.29 bits per heavy atom. The molecule has 1 aromatic rings. The molecular formula is C12H19NO. The average Bonchev–Trinajstić information content (AvgIpc) is 2.20. The number of anilines is 1. The van der Waals surface area contributed by atoms with Crippen molar-refractivity contribution in [1.29, 1.82) is 0 Å². The van der Waals surface area contributed by atoms with E-state index >= 15 is 0 Å². The van der Waals surface area contributed by atoms with Gasteiger partial charge in [-0.2, -0.15) is 0 Å². The van der Waals surface area contributed by atoms with Gasteiger partial charge in [0.1, 0.15) is 5.75 Å². The molecule has 0 bridgehead atoms. The van der Waals surface area contributed by atoms with Crippen LogP contribution in [-0.2, 0) is 0 Å². The monoisotopic (exact) mass is 193 g/mol. The predicted molar refractivity (Wildman–Crippen MR) is 61.2 cm³/mol. The van der Waals surface area contributed by atoms with Crippen molar-refractivity contribution in [3.63, 3.8) is 0 Å². The first kappa shape index (κ1) is 10.9. The fourth-order valence-electron chi connectivity index (χ4n) is 1.43. The van der Waals surface area contributed by atoms with Crippen LogP contribution in [0, 0.1) is 0 Å². The molecule has 0 aromatic heterocycles. The van der Waals surface area contributed by atoms with Gasteiger partial charge in [0.05, 0.1) is 6.61 Å². The van der Waals surface area contributed by atoms with Gasteiger partial charge in [0.2, 0.25) is 0 Å². The Balaban J connectivity index is 2.62. The number of ether oxygens (including phenoxy) is 1. The molecule has 0 N–H and O–H groups in total. The van der Waals surface area contributed by atoms with Crippen LogP contribution >= 0.6 is 0 Å². The van der Waals surface area contributed by atoms with Gasteiger partial charge in [-0.3, -0.25) is 0 Å². The van der Waals surface area contributed by atoms with Gasteiger partial charge in [-0.25, -0.2) is 0 Å². The zero-order valence-electron chi connectivity index (χ0n) is 9.29. The average molecular weight is 193 g/mol. The van der Waals surface area contributed by atoms with Crippen molar-refractivity contribution in [3.05, 3.63) is 24.3 Å². The first-order valence-electron chi connectivity index (χ1n) is 5.22. The highest BCUT2D eigenvalue weighted by Gasteiger charge is 1.99. The summed E-state index contributed by atoms with van der Waals surface area (Å²) in [6, 6.07) is 8.23. The van der Waals surface area contributed by atoms with E-state index in [2.05, 4.69) is 31.0 Å². The summed E-state index contributed by atoms with van der Waals surface area (Å²) < 4.78 is 5.38. The fourth-order valence-corrected chi connectivity index (χ4v) is 1.43. The minimum Gasteiger partial charge on any atom is -0.494 e. The third-order valence-corrected chi connectivity index (χ3v) is 2.15. The van der Waals surface area contributed by atoms with Crippen molar-refractivity contribution in [1.82, 2.24) is 0 Å². The van der Waals surface area contributed by atoms with Crippen LogP contribution in [0.5, 0.6) is 5.75 Å². The van der Waals surface area contributed by atoms with E-state index in [1.165, 1.54) is 12.1 Å². The SMILES string of the molecule is CCCN(C)c1ccc(OCC)cc1. The third kappa shape index (κ3) is 2.95. The molecule has 0 aliphatic carbocycles. The highest BCUT2D eigenvalue weighted by atomic mass is 16.5. The van der Waals surface area contributed by atoms with Gasteiger partial charge in [0, 0.05) is 19.3 Å². The zero-order valence-corrected chi connectivity index (χ0v) is 9.29. The van der Waals surface area contributed by atoms with Crippen molar-refractivity contribution in [2.45, 2.75) is 20.3 Å². The maximum Gasteiger partial charge on any atom is 0.119 e. The molecule has 0 aliphatic rings. The number of nitrogens with zero attached hydrogens (tertiary/aromatic N) is 1. The molecule has 1 rings (SSSR count). The molecule has 0 amide bonds. The first-order valence-corrected chi connectivity index (χ1v) is 5.22. The largest absolute Gasteiger partial charge is 0.494 e. The molecule has 0 atom stereocenters. The summed E-state index contributed by atoms with van der Waals surface area (Å²) in [5.41, 5.74) is 1.25. The summed E-state index contributed by atoms with van der Waals surface area (Å²) in [6.07, 6.45) is 1.17. The van der Waals surface area contributed by atoms with Crippen LogP contribution in [0.15, 0.2) is 24.3 Å². The second kappa shape index (κ2) is 5.53. The highest BCUT2D eigenvalue weighted by molar-refractivity contribution is 5.48. The molecule has 0 saturated heterocycles. The van der Waals surface area contributed by atoms with Crippen LogP contribution in [-0.4, -0.2) is 20.2 Å². The van der Waals surface area contributed by atoms with Crippen molar-refractivity contribution in [2.75, 3.05) is 25.1 Å². The Kier molecular flexibility index (Phi) is 4.30. The maximum atomic E-state index is 5.38. The van der Waals surface area contributed by atoms with E-state index in [1.54, 1.807) is 0 Å². The molecule has 2 heteroatoms. The molecule has 0 spiro atoms. The lowest BCUT2D eigenvalue weighted by molar-refractivity contribution is 0.340. The summed E-state index contributed by atoms with van der Waals surface area (Å²) in [5, 5.41) is 0. The number of benzene rings is 1. The molecule has 0 fully saturated rings. The van der Waals surface area contributed by atoms with E-state index in [9.17, 15) is 0 Å². The lowest BCUT2D eigenvalue weighted by Gasteiger charge is -2.18. The molecule has 1 aromatic carbocycles. The molecule has 2 nitrogen and oxygen atoms in total. The number of rotatable bonds is 5. The Morgan fingerprint density at radius 2 is 1.79 bits per heavy atom. The van der Waals surface area contributed by atoms with Crippen molar-refractivity contribution in [2.24, 2.45) is 0 Å². The van der Waals surface area contributed by atoms with Crippen LogP contribution in [0.1, 0.15) is 20.3 Å². The summed E-state index contributed by atoms with van der Waals surface area (Å²) in [4.78, 5) is 2.25. The lowest BCUT2D eigenvalue weighted by atomic mass is 10.2. The van der Waals surface area contributed by atoms with Crippen LogP contribution in [0.4, 0.5) is 5.69 Å². The van der Waals surface area contributed by atoms with Crippen molar-refractivity contribution >= 4 is 5.69 Å². The van der Waals surface area contributed by atoms with E-state index in [4.69, 9.17) is 4.74 Å². The lowest BCUT2D eigenvalue weighted by Crippen LogP contribution is -2.17. The summed E-state index contributed by atoms with van der Waals surface area (Å²) in [6.45, 7) is 6.00. The van der Waals surface area contributed by atoms with E-state index in [0.717, 1.165) is 18.9 Å². The van der Waals surface area contributed by atoms with Gasteiger partial charge in [0.25, 0.3) is 0 Å². The van der Waals surface area contributed by atoms with Gasteiger partial charge in [-0.1, -0.05) is 6.92 Å². The maximum absolute atomic E-state index is 5.38. The molecule has 14 heavy (non-hydrogen) atoms. The molecule has 78 valence electrons. The molecular weight excluding hydrogens is 174 g/mol. The Bertz CT molecular complexity index is 256. The van der Waals surface area contributed by atoms with E-state index in [0.29, 0.717) is 0 Å². The van der Waals surface area contributed by atoms with Crippen LogP contribution < -0.4 is 9.64 Å². The number of hydrogen-bond acceptors (Lipinski definition) is 2. The second-order valence-corrected chi connectivity index (χ2v) is 3.35. The minimum absolute atomic E-state index is 0.726. The fraction of sp³-hybridized carbons (Fsp3) is 0.500. The molecule has 0 unspecified atom stereocenters. The highest BCUT2D eigenvalue weighted by Crippen LogP contribution is 2.18. The topological polar surface area (TPSA) is 12.5 Å². The van der Waals surface area contributed by atoms with Gasteiger partial charge < -0.3 is 9.64 Å². The smallest absolute Gasteiger partial charge is 0.119 e. The van der Waals surface area contributed by atoms with Gasteiger partial charge >= 0.3 is 0 Å². The van der Waals surface area contributed by atoms with Crippen LogP contribution in [0.3, 0.4) is 0 Å². The van der Waals surface area contributed by atoms with Crippen LogP contribution in [0.2, 0.25) is 0 Å². The van der Waals surface area contributed by atoms with Crippen molar-refractivity contribution in [3.8, 4) is 5.75 Å². The Morgan fingerprint density at radius 1 is 1.14 bits per heavy atom. The number of hydrogen-bond donors (Lipinski definition) is 0. The second-order valence-electron chi connectivity index (χ2n) is 3.35. The Labute approximate surface area is 86.5 Å². The standard InChI is InChI=1S/C12H19NO/c1-4-10-13(3)11-6-8-12(9-7-11)14-5-2/h6-9H,4-5,10H2,1-3H3. The first-order chi connectivity index (χ1) is 6.77. The van der Waals surface area contributed by atoms with Gasteiger partial charge in [-0.05, 0) is 37.6 Å².